The van der Waals surface area contributed by atoms with E-state index in [9.17, 15) is 8.78 Å². The van der Waals surface area contributed by atoms with Gasteiger partial charge in [-0.3, -0.25) is 0 Å². The molecule has 5 rings (SSSR count). The summed E-state index contributed by atoms with van der Waals surface area (Å²) in [6, 6.07) is 12.7. The van der Waals surface area contributed by atoms with E-state index in [2.05, 4.69) is 68.5 Å². The third-order valence-electron chi connectivity index (χ3n) is 8.54. The van der Waals surface area contributed by atoms with Gasteiger partial charge in [0.25, 0.3) is 0 Å². The summed E-state index contributed by atoms with van der Waals surface area (Å²) in [7, 11) is -2.12. The molecule has 2 nitrogen and oxygen atoms in total. The van der Waals surface area contributed by atoms with Crippen LogP contribution >= 0.6 is 0 Å². The molecule has 2 aromatic rings. The van der Waals surface area contributed by atoms with Gasteiger partial charge in [0.05, 0.1) is 0 Å². The zero-order valence-corrected chi connectivity index (χ0v) is 29.1. The molecule has 2 aromatic carbocycles. The summed E-state index contributed by atoms with van der Waals surface area (Å²) in [6.45, 7) is 23.5. The van der Waals surface area contributed by atoms with Crippen LogP contribution in [0, 0.1) is 22.5 Å². The van der Waals surface area contributed by atoms with Gasteiger partial charge in [-0.15, -0.1) is 0 Å². The van der Waals surface area contributed by atoms with Gasteiger partial charge in [0.2, 0.25) is 0 Å². The minimum atomic E-state index is -4.62. The van der Waals surface area contributed by atoms with Crippen LogP contribution in [0.25, 0.3) is 0 Å². The molecule has 1 heterocycles. The molecule has 6 heteroatoms. The molecule has 2 aliphatic carbocycles. The zero-order valence-electron chi connectivity index (χ0n) is 25.6. The second kappa shape index (κ2) is 9.76. The quantitative estimate of drug-likeness (QED) is 0.310. The number of halogens is 2. The molecule has 0 unspecified atom stereocenters. The Hall–Kier alpha value is -2.04. The van der Waals surface area contributed by atoms with Crippen molar-refractivity contribution in [3.8, 4) is 11.5 Å². The Morgan fingerprint density at radius 2 is 0.950 bits per heavy atom. The normalized spacial score (nSPS) is 20.3. The Labute approximate surface area is 245 Å². The molecule has 0 spiro atoms. The molecule has 0 atom stereocenters. The van der Waals surface area contributed by atoms with Crippen molar-refractivity contribution in [1.29, 1.82) is 0 Å². The van der Waals surface area contributed by atoms with Crippen LogP contribution in [0.2, 0.25) is 13.1 Å². The van der Waals surface area contributed by atoms with Crippen molar-refractivity contribution in [2.24, 2.45) is 10.8 Å². The summed E-state index contributed by atoms with van der Waals surface area (Å²) < 4.78 is 45.4. The van der Waals surface area contributed by atoms with Gasteiger partial charge in [-0.1, -0.05) is 0 Å². The number of benzene rings is 2. The van der Waals surface area contributed by atoms with Gasteiger partial charge >= 0.3 is 247 Å². The van der Waals surface area contributed by atoms with Gasteiger partial charge < -0.3 is 0 Å². The Kier molecular flexibility index (Phi) is 7.19. The maximum atomic E-state index is 14.1. The molecule has 4 bridgehead atoms. The van der Waals surface area contributed by atoms with E-state index in [1.54, 1.807) is 34.7 Å². The third-order valence-corrected chi connectivity index (χ3v) is 21.0. The summed E-state index contributed by atoms with van der Waals surface area (Å²) in [5.41, 5.74) is 5.40. The van der Waals surface area contributed by atoms with E-state index < -0.39 is 29.2 Å². The van der Waals surface area contributed by atoms with Crippen LogP contribution < -0.4 is 5.63 Å². The molecular weight excluding hydrogens is 598 g/mol. The van der Waals surface area contributed by atoms with Crippen LogP contribution in [0.3, 0.4) is 0 Å². The first-order chi connectivity index (χ1) is 18.5. The Morgan fingerprint density at radius 1 is 0.625 bits per heavy atom. The predicted molar refractivity (Wildman–Crippen MR) is 159 cm³/mol. The molecule has 0 radical (unpaired) electrons. The van der Waals surface area contributed by atoms with Crippen LogP contribution in [0.5, 0.6) is 11.5 Å². The number of hydrogen-bond acceptors (Lipinski definition) is 2. The molecule has 0 N–H and O–H groups in total. The fraction of sp³-hybridized carbons (Fsp3) is 0.412. The first-order valence-corrected chi connectivity index (χ1v) is 21.7. The van der Waals surface area contributed by atoms with Crippen molar-refractivity contribution < 1.29 is 35.6 Å². The Morgan fingerprint density at radius 3 is 1.25 bits per heavy atom. The number of rotatable bonds is 4. The molecule has 0 saturated carbocycles. The van der Waals surface area contributed by atoms with Gasteiger partial charge in [-0.2, -0.15) is 0 Å². The average molecular weight is 640 g/mol. The third kappa shape index (κ3) is 4.77. The van der Waals surface area contributed by atoms with E-state index in [0.29, 0.717) is 11.5 Å². The number of fused-ring (bicyclic) bond motifs is 2. The van der Waals surface area contributed by atoms with Crippen LogP contribution in [0.4, 0.5) is 8.78 Å². The summed E-state index contributed by atoms with van der Waals surface area (Å²) in [4.78, 5) is 0. The van der Waals surface area contributed by atoms with Crippen molar-refractivity contribution >= 4 is 8.07 Å². The average Bonchev–Trinajstić information content (AvgIpc) is 3.40. The molecule has 0 fully saturated rings. The van der Waals surface area contributed by atoms with E-state index in [0.717, 1.165) is 12.8 Å². The topological polar surface area (TPSA) is 18.5 Å². The maximum absolute atomic E-state index is 14.1. The van der Waals surface area contributed by atoms with E-state index in [4.69, 9.17) is 5.63 Å². The summed E-state index contributed by atoms with van der Waals surface area (Å²) in [5.74, 6) is 0.643. The molecule has 0 amide bonds. The van der Waals surface area contributed by atoms with Gasteiger partial charge in [-0.25, -0.2) is 0 Å². The second-order valence-electron chi connectivity index (χ2n) is 14.2. The Balaban J connectivity index is 1.94. The number of hydrogen-bond donors (Lipinski definition) is 0. The van der Waals surface area contributed by atoms with Crippen molar-refractivity contribution in [2.75, 3.05) is 0 Å². The number of allylic oxidation sites excluding steroid dienone is 8. The van der Waals surface area contributed by atoms with Crippen LogP contribution in [-0.2, 0) is 21.1 Å². The van der Waals surface area contributed by atoms with Crippen molar-refractivity contribution in [3.63, 3.8) is 0 Å². The molecule has 212 valence electrons. The summed E-state index contributed by atoms with van der Waals surface area (Å²) in [5, 5.41) is 3.08. The fourth-order valence-corrected chi connectivity index (χ4v) is 23.9. The van der Waals surface area contributed by atoms with Crippen molar-refractivity contribution in [2.45, 2.75) is 81.3 Å². The first-order valence-electron chi connectivity index (χ1n) is 14.3. The zero-order chi connectivity index (χ0) is 29.4. The predicted octanol–water partition coefficient (Wildman–Crippen LogP) is 10.2. The van der Waals surface area contributed by atoms with Crippen molar-refractivity contribution in [1.82, 2.24) is 0 Å². The molecular formula is C34H42F2O2SiZr. The van der Waals surface area contributed by atoms with E-state index in [1.807, 2.05) is 0 Å². The second-order valence-corrected chi connectivity index (χ2v) is 25.5. The van der Waals surface area contributed by atoms with Gasteiger partial charge in [0, 0.05) is 0 Å². The van der Waals surface area contributed by atoms with Crippen molar-refractivity contribution in [3.05, 3.63) is 99.4 Å². The minimum absolute atomic E-state index is 0.124. The van der Waals surface area contributed by atoms with E-state index in [1.165, 1.54) is 53.1 Å². The SMILES string of the molecule is CC1=C2C(C(C)(C)C)=[C](C1)[Zr]([O]c1ccc(F)cc1)([O]c1ccc(F)cc1)[C]1=C(C(C)(C)C)C(=C(C)C1)[Si]2(C)C. The fourth-order valence-electron chi connectivity index (χ4n) is 7.43. The first kappa shape index (κ1) is 29.5. The summed E-state index contributed by atoms with van der Waals surface area (Å²) >= 11 is -4.62. The van der Waals surface area contributed by atoms with Gasteiger partial charge in [-0.05, 0) is 0 Å². The molecule has 40 heavy (non-hydrogen) atoms. The Bertz CT molecular complexity index is 1380. The molecule has 0 aromatic heterocycles. The summed E-state index contributed by atoms with van der Waals surface area (Å²) in [6.07, 6.45) is 1.65. The van der Waals surface area contributed by atoms with Gasteiger partial charge in [0.15, 0.2) is 0 Å². The van der Waals surface area contributed by atoms with Gasteiger partial charge in [0.1, 0.15) is 0 Å². The van der Waals surface area contributed by atoms with E-state index >= 15 is 0 Å². The van der Waals surface area contributed by atoms with Crippen LogP contribution in [0.15, 0.2) is 87.8 Å². The molecule has 0 saturated heterocycles. The molecule has 3 aliphatic rings. The van der Waals surface area contributed by atoms with E-state index in [-0.39, 0.29) is 22.5 Å². The standard InChI is InChI=1S/C22H34Si.2C6H5FO.Zr/c1-15-11-13-17(21(3,4)5)19(15)23(9,10)20-16(2)12-14-18(20)22(6,7)8;2*7-5-1-3-6(8)4-2-5;/h11-12H2,1-10H3;2*1-4,8H;/q;;;+2/p-2. The molecule has 1 aliphatic heterocycles. The monoisotopic (exact) mass is 638 g/mol. The van der Waals surface area contributed by atoms with Crippen LogP contribution in [0.1, 0.15) is 68.2 Å². The van der Waals surface area contributed by atoms with Crippen LogP contribution in [-0.4, -0.2) is 8.07 Å².